The largest absolute Gasteiger partial charge is 0.465 e. The molecule has 0 atom stereocenters. The van der Waals surface area contributed by atoms with E-state index in [9.17, 15) is 9.59 Å². The molecule has 1 aromatic rings. The van der Waals surface area contributed by atoms with Crippen molar-refractivity contribution < 1.29 is 19.1 Å². The van der Waals surface area contributed by atoms with Gasteiger partial charge in [-0.25, -0.2) is 4.79 Å². The minimum Gasteiger partial charge on any atom is -0.465 e. The van der Waals surface area contributed by atoms with Crippen LogP contribution in [-0.4, -0.2) is 25.2 Å². The minimum atomic E-state index is -0.400. The fourth-order valence-electron chi connectivity index (χ4n) is 1.79. The first-order valence-corrected chi connectivity index (χ1v) is 6.87. The van der Waals surface area contributed by atoms with Crippen LogP contribution in [0, 0.1) is 12.8 Å². The maximum absolute atomic E-state index is 11.9. The number of esters is 2. The Morgan fingerprint density at radius 2 is 1.90 bits per heavy atom. The lowest BCUT2D eigenvalue weighted by molar-refractivity contribution is -0.143. The van der Waals surface area contributed by atoms with Gasteiger partial charge in [0, 0.05) is 0 Å². The SMILES string of the molecule is CCOC(=O)c1cccc(C)c1CC(=O)OCC(C)C. The van der Waals surface area contributed by atoms with Crippen molar-refractivity contribution in [3.8, 4) is 0 Å². The molecule has 20 heavy (non-hydrogen) atoms. The number of carbonyl (C=O) groups is 2. The summed E-state index contributed by atoms with van der Waals surface area (Å²) in [6.45, 7) is 8.28. The van der Waals surface area contributed by atoms with Crippen LogP contribution in [0.2, 0.25) is 0 Å². The van der Waals surface area contributed by atoms with E-state index in [1.54, 1.807) is 19.1 Å². The summed E-state index contributed by atoms with van der Waals surface area (Å²) in [4.78, 5) is 23.7. The van der Waals surface area contributed by atoms with Crippen molar-refractivity contribution in [2.24, 2.45) is 5.92 Å². The van der Waals surface area contributed by atoms with Gasteiger partial charge < -0.3 is 9.47 Å². The van der Waals surface area contributed by atoms with Crippen LogP contribution in [0.25, 0.3) is 0 Å². The monoisotopic (exact) mass is 278 g/mol. The average Bonchev–Trinajstić information content (AvgIpc) is 2.39. The normalized spacial score (nSPS) is 10.4. The van der Waals surface area contributed by atoms with Crippen molar-refractivity contribution in [1.82, 2.24) is 0 Å². The molecule has 0 N–H and O–H groups in total. The van der Waals surface area contributed by atoms with Gasteiger partial charge in [0.25, 0.3) is 0 Å². The van der Waals surface area contributed by atoms with E-state index in [2.05, 4.69) is 0 Å². The highest BCUT2D eigenvalue weighted by Gasteiger charge is 2.17. The van der Waals surface area contributed by atoms with Crippen LogP contribution >= 0.6 is 0 Å². The maximum atomic E-state index is 11.9. The Morgan fingerprint density at radius 1 is 1.20 bits per heavy atom. The van der Waals surface area contributed by atoms with Crippen LogP contribution in [0.5, 0.6) is 0 Å². The van der Waals surface area contributed by atoms with Crippen LogP contribution in [0.1, 0.15) is 42.3 Å². The fraction of sp³-hybridized carbons (Fsp3) is 0.500. The third-order valence-electron chi connectivity index (χ3n) is 2.80. The van der Waals surface area contributed by atoms with Crippen molar-refractivity contribution in [3.63, 3.8) is 0 Å². The zero-order valence-electron chi connectivity index (χ0n) is 12.6. The van der Waals surface area contributed by atoms with Crippen molar-refractivity contribution in [2.75, 3.05) is 13.2 Å². The summed E-state index contributed by atoms with van der Waals surface area (Å²) in [5.74, 6) is -0.429. The van der Waals surface area contributed by atoms with Gasteiger partial charge in [0.2, 0.25) is 0 Å². The molecule has 0 aromatic heterocycles. The highest BCUT2D eigenvalue weighted by Crippen LogP contribution is 2.17. The van der Waals surface area contributed by atoms with E-state index in [4.69, 9.17) is 9.47 Å². The molecule has 0 saturated heterocycles. The quantitative estimate of drug-likeness (QED) is 0.751. The lowest BCUT2D eigenvalue weighted by Crippen LogP contribution is -2.16. The van der Waals surface area contributed by atoms with Crippen molar-refractivity contribution in [1.29, 1.82) is 0 Å². The van der Waals surface area contributed by atoms with E-state index in [1.165, 1.54) is 0 Å². The lowest BCUT2D eigenvalue weighted by atomic mass is 9.99. The summed E-state index contributed by atoms with van der Waals surface area (Å²) in [6.07, 6.45) is 0.0908. The van der Waals surface area contributed by atoms with Gasteiger partial charge >= 0.3 is 11.9 Å². The summed E-state index contributed by atoms with van der Waals surface area (Å²) in [5, 5.41) is 0. The van der Waals surface area contributed by atoms with Gasteiger partial charge in [0.15, 0.2) is 0 Å². The second-order valence-electron chi connectivity index (χ2n) is 5.08. The fourth-order valence-corrected chi connectivity index (χ4v) is 1.79. The van der Waals surface area contributed by atoms with Gasteiger partial charge in [-0.05, 0) is 37.0 Å². The minimum absolute atomic E-state index is 0.0908. The van der Waals surface area contributed by atoms with Gasteiger partial charge in [-0.2, -0.15) is 0 Å². The second-order valence-corrected chi connectivity index (χ2v) is 5.08. The van der Waals surface area contributed by atoms with Gasteiger partial charge in [0.05, 0.1) is 25.2 Å². The molecule has 0 bridgehead atoms. The molecule has 0 saturated carbocycles. The smallest absolute Gasteiger partial charge is 0.338 e. The number of benzene rings is 1. The van der Waals surface area contributed by atoms with E-state index < -0.39 is 5.97 Å². The van der Waals surface area contributed by atoms with E-state index >= 15 is 0 Å². The average molecular weight is 278 g/mol. The summed E-state index contributed by atoms with van der Waals surface area (Å²) in [5.41, 5.74) is 2.00. The number of rotatable bonds is 6. The molecule has 0 unspecified atom stereocenters. The molecule has 0 amide bonds. The second kappa shape index (κ2) is 7.68. The standard InChI is InChI=1S/C16H22O4/c1-5-19-16(18)13-8-6-7-12(4)14(13)9-15(17)20-10-11(2)3/h6-8,11H,5,9-10H2,1-4H3. The van der Waals surface area contributed by atoms with Gasteiger partial charge in [-0.1, -0.05) is 26.0 Å². The summed E-state index contributed by atoms with van der Waals surface area (Å²) in [7, 11) is 0. The van der Waals surface area contributed by atoms with Gasteiger partial charge in [0.1, 0.15) is 0 Å². The molecule has 1 aromatic carbocycles. The summed E-state index contributed by atoms with van der Waals surface area (Å²) >= 11 is 0. The predicted molar refractivity (Wildman–Crippen MR) is 76.6 cm³/mol. The van der Waals surface area contributed by atoms with Crippen LogP contribution < -0.4 is 0 Å². The van der Waals surface area contributed by atoms with Crippen molar-refractivity contribution in [2.45, 2.75) is 34.1 Å². The van der Waals surface area contributed by atoms with E-state index in [0.29, 0.717) is 30.3 Å². The molecule has 0 spiro atoms. The van der Waals surface area contributed by atoms with E-state index in [0.717, 1.165) is 5.56 Å². The highest BCUT2D eigenvalue weighted by molar-refractivity contribution is 5.93. The number of hydrogen-bond acceptors (Lipinski definition) is 4. The lowest BCUT2D eigenvalue weighted by Gasteiger charge is -2.12. The van der Waals surface area contributed by atoms with Crippen LogP contribution in [-0.2, 0) is 20.7 Å². The van der Waals surface area contributed by atoms with E-state index in [-0.39, 0.29) is 12.4 Å². The molecule has 4 nitrogen and oxygen atoms in total. The maximum Gasteiger partial charge on any atom is 0.338 e. The molecular formula is C16H22O4. The summed E-state index contributed by atoms with van der Waals surface area (Å²) < 4.78 is 10.2. The third kappa shape index (κ3) is 4.68. The molecule has 4 heteroatoms. The molecule has 1 rings (SSSR count). The highest BCUT2D eigenvalue weighted by atomic mass is 16.5. The molecule has 0 aliphatic rings. The molecule has 0 fully saturated rings. The third-order valence-corrected chi connectivity index (χ3v) is 2.80. The Hall–Kier alpha value is -1.84. The molecule has 110 valence electrons. The number of aryl methyl sites for hydroxylation is 1. The molecule has 0 radical (unpaired) electrons. The first-order chi connectivity index (χ1) is 9.45. The first kappa shape index (κ1) is 16.2. The predicted octanol–water partition coefficient (Wildman–Crippen LogP) is 2.91. The van der Waals surface area contributed by atoms with Gasteiger partial charge in [-0.3, -0.25) is 4.79 Å². The molecule has 0 aliphatic carbocycles. The Balaban J connectivity index is 2.87. The van der Waals surface area contributed by atoms with Crippen molar-refractivity contribution >= 4 is 11.9 Å². The number of ether oxygens (including phenoxy) is 2. The van der Waals surface area contributed by atoms with E-state index in [1.807, 2.05) is 26.8 Å². The topological polar surface area (TPSA) is 52.6 Å². The Morgan fingerprint density at radius 3 is 2.50 bits per heavy atom. The zero-order chi connectivity index (χ0) is 15.1. The Kier molecular flexibility index (Phi) is 6.22. The first-order valence-electron chi connectivity index (χ1n) is 6.87. The molecule has 0 heterocycles. The van der Waals surface area contributed by atoms with Crippen LogP contribution in [0.4, 0.5) is 0 Å². The van der Waals surface area contributed by atoms with Gasteiger partial charge in [-0.15, -0.1) is 0 Å². The number of carbonyl (C=O) groups excluding carboxylic acids is 2. The Bertz CT molecular complexity index is 477. The Labute approximate surface area is 120 Å². The van der Waals surface area contributed by atoms with Crippen molar-refractivity contribution in [3.05, 3.63) is 34.9 Å². The zero-order valence-corrected chi connectivity index (χ0v) is 12.6. The molecule has 0 aliphatic heterocycles. The summed E-state index contributed by atoms with van der Waals surface area (Å²) in [6, 6.07) is 5.33. The van der Waals surface area contributed by atoms with Crippen LogP contribution in [0.15, 0.2) is 18.2 Å². The number of hydrogen-bond donors (Lipinski definition) is 0. The molecular weight excluding hydrogens is 256 g/mol. The van der Waals surface area contributed by atoms with Crippen LogP contribution in [0.3, 0.4) is 0 Å².